The fraction of sp³-hybridized carbons (Fsp3) is 0.250. The first kappa shape index (κ1) is 13.2. The molecule has 0 saturated carbocycles. The van der Waals surface area contributed by atoms with Gasteiger partial charge < -0.3 is 10.1 Å². The molecule has 1 fully saturated rings. The van der Waals surface area contributed by atoms with E-state index in [1.54, 1.807) is 6.07 Å². The minimum atomic E-state index is -0.837. The molecule has 0 spiro atoms. The third-order valence-electron chi connectivity index (χ3n) is 3.54. The van der Waals surface area contributed by atoms with Crippen molar-refractivity contribution < 1.29 is 13.5 Å². The summed E-state index contributed by atoms with van der Waals surface area (Å²) in [6.07, 6.45) is -0.453. The molecule has 4 heteroatoms. The van der Waals surface area contributed by atoms with Gasteiger partial charge in [-0.15, -0.1) is 0 Å². The molecule has 3 rings (SSSR count). The van der Waals surface area contributed by atoms with Gasteiger partial charge in [0.15, 0.2) is 11.6 Å². The summed E-state index contributed by atoms with van der Waals surface area (Å²) >= 11 is 0. The van der Waals surface area contributed by atoms with Gasteiger partial charge in [-0.2, -0.15) is 0 Å². The highest BCUT2D eigenvalue weighted by Crippen LogP contribution is 2.27. The van der Waals surface area contributed by atoms with Gasteiger partial charge in [0.05, 0.1) is 18.8 Å². The predicted molar refractivity (Wildman–Crippen MR) is 72.2 cm³/mol. The van der Waals surface area contributed by atoms with Crippen LogP contribution in [0, 0.1) is 11.6 Å². The lowest BCUT2D eigenvalue weighted by Crippen LogP contribution is -2.37. The zero-order chi connectivity index (χ0) is 13.9. The van der Waals surface area contributed by atoms with Crippen LogP contribution >= 0.6 is 0 Å². The molecule has 1 heterocycles. The molecule has 20 heavy (non-hydrogen) atoms. The number of ether oxygens (including phenoxy) is 1. The minimum absolute atomic E-state index is 0.0871. The van der Waals surface area contributed by atoms with Crippen molar-refractivity contribution in [2.75, 3.05) is 13.2 Å². The Morgan fingerprint density at radius 2 is 1.80 bits per heavy atom. The molecule has 0 radical (unpaired) electrons. The molecule has 1 aliphatic rings. The Morgan fingerprint density at radius 3 is 2.50 bits per heavy atom. The van der Waals surface area contributed by atoms with Crippen LogP contribution < -0.4 is 5.32 Å². The van der Waals surface area contributed by atoms with Crippen LogP contribution in [0.5, 0.6) is 0 Å². The van der Waals surface area contributed by atoms with Crippen LogP contribution in [0.2, 0.25) is 0 Å². The highest BCUT2D eigenvalue weighted by Gasteiger charge is 2.26. The number of rotatable bonds is 2. The maximum Gasteiger partial charge on any atom is 0.164 e. The molecule has 2 nitrogen and oxygen atoms in total. The fourth-order valence-corrected chi connectivity index (χ4v) is 2.45. The molecule has 0 aromatic heterocycles. The Kier molecular flexibility index (Phi) is 3.76. The summed E-state index contributed by atoms with van der Waals surface area (Å²) in [7, 11) is 0. The second-order valence-electron chi connectivity index (χ2n) is 4.84. The van der Waals surface area contributed by atoms with E-state index in [4.69, 9.17) is 4.74 Å². The van der Waals surface area contributed by atoms with E-state index in [1.807, 2.05) is 30.3 Å². The first-order chi connectivity index (χ1) is 9.75. The molecular formula is C16H15F2NO. The second-order valence-corrected chi connectivity index (χ2v) is 4.84. The Balaban J connectivity index is 1.71. The average molecular weight is 275 g/mol. The van der Waals surface area contributed by atoms with Crippen LogP contribution in [0.1, 0.15) is 23.3 Å². The van der Waals surface area contributed by atoms with Gasteiger partial charge in [0.25, 0.3) is 0 Å². The van der Waals surface area contributed by atoms with E-state index >= 15 is 0 Å². The summed E-state index contributed by atoms with van der Waals surface area (Å²) in [4.78, 5) is 0. The Labute approximate surface area is 116 Å². The number of hydrogen-bond acceptors (Lipinski definition) is 2. The lowest BCUT2D eigenvalue weighted by molar-refractivity contribution is 0.000172. The summed E-state index contributed by atoms with van der Waals surface area (Å²) in [5.41, 5.74) is 1.40. The first-order valence-corrected chi connectivity index (χ1v) is 6.59. The molecule has 2 aromatic rings. The SMILES string of the molecule is Fc1cccc(C2CNC(c3ccccc3)CO2)c1F. The van der Waals surface area contributed by atoms with Crippen molar-refractivity contribution in [3.05, 3.63) is 71.3 Å². The monoisotopic (exact) mass is 275 g/mol. The molecule has 1 aliphatic heterocycles. The van der Waals surface area contributed by atoms with E-state index in [1.165, 1.54) is 6.07 Å². The second kappa shape index (κ2) is 5.69. The molecule has 2 unspecified atom stereocenters. The zero-order valence-electron chi connectivity index (χ0n) is 10.9. The summed E-state index contributed by atoms with van der Waals surface area (Å²) in [5.74, 6) is -1.66. The van der Waals surface area contributed by atoms with E-state index in [2.05, 4.69) is 5.32 Å². The molecular weight excluding hydrogens is 260 g/mol. The first-order valence-electron chi connectivity index (χ1n) is 6.59. The van der Waals surface area contributed by atoms with Crippen LogP contribution in [0.4, 0.5) is 8.78 Å². The fourth-order valence-electron chi connectivity index (χ4n) is 2.45. The largest absolute Gasteiger partial charge is 0.370 e. The van der Waals surface area contributed by atoms with E-state index in [0.29, 0.717) is 13.2 Å². The summed E-state index contributed by atoms with van der Waals surface area (Å²) in [5, 5.41) is 3.32. The van der Waals surface area contributed by atoms with Crippen molar-refractivity contribution in [2.24, 2.45) is 0 Å². The van der Waals surface area contributed by atoms with Gasteiger partial charge in [0, 0.05) is 12.1 Å². The van der Waals surface area contributed by atoms with Crippen LogP contribution in [0.3, 0.4) is 0 Å². The normalized spacial score (nSPS) is 22.7. The third-order valence-corrected chi connectivity index (χ3v) is 3.54. The van der Waals surface area contributed by atoms with Gasteiger partial charge in [0.1, 0.15) is 0 Å². The highest BCUT2D eigenvalue weighted by molar-refractivity contribution is 5.24. The number of halogens is 2. The molecule has 1 saturated heterocycles. The van der Waals surface area contributed by atoms with Crippen molar-refractivity contribution in [3.8, 4) is 0 Å². The topological polar surface area (TPSA) is 21.3 Å². The molecule has 2 atom stereocenters. The average Bonchev–Trinajstić information content (AvgIpc) is 2.51. The van der Waals surface area contributed by atoms with Crippen LogP contribution in [-0.2, 0) is 4.74 Å². The van der Waals surface area contributed by atoms with Crippen LogP contribution in [0.15, 0.2) is 48.5 Å². The van der Waals surface area contributed by atoms with Gasteiger partial charge >= 0.3 is 0 Å². The minimum Gasteiger partial charge on any atom is -0.370 e. The standard InChI is InChI=1S/C16H15F2NO/c17-13-8-4-7-12(16(13)18)15-9-19-14(10-20-15)11-5-2-1-3-6-11/h1-8,14-15,19H,9-10H2. The molecule has 1 N–H and O–H groups in total. The van der Waals surface area contributed by atoms with Crippen molar-refractivity contribution in [1.82, 2.24) is 5.32 Å². The maximum absolute atomic E-state index is 13.7. The summed E-state index contributed by atoms with van der Waals surface area (Å²) in [6, 6.07) is 14.2. The molecule has 0 amide bonds. The van der Waals surface area contributed by atoms with Crippen molar-refractivity contribution >= 4 is 0 Å². The molecule has 2 aromatic carbocycles. The lowest BCUT2D eigenvalue weighted by Gasteiger charge is -2.31. The highest BCUT2D eigenvalue weighted by atomic mass is 19.2. The van der Waals surface area contributed by atoms with Crippen molar-refractivity contribution in [1.29, 1.82) is 0 Å². The van der Waals surface area contributed by atoms with Gasteiger partial charge in [-0.05, 0) is 11.6 Å². The van der Waals surface area contributed by atoms with Gasteiger partial charge in [-0.25, -0.2) is 8.78 Å². The number of benzene rings is 2. The molecule has 104 valence electrons. The number of nitrogens with one attached hydrogen (secondary N) is 1. The van der Waals surface area contributed by atoms with Crippen LogP contribution in [0.25, 0.3) is 0 Å². The number of morpholine rings is 1. The van der Waals surface area contributed by atoms with Gasteiger partial charge in [0.2, 0.25) is 0 Å². The third kappa shape index (κ3) is 2.57. The lowest BCUT2D eigenvalue weighted by atomic mass is 10.0. The Morgan fingerprint density at radius 1 is 1.00 bits per heavy atom. The maximum atomic E-state index is 13.7. The van der Waals surface area contributed by atoms with E-state index in [9.17, 15) is 8.78 Å². The van der Waals surface area contributed by atoms with E-state index in [-0.39, 0.29) is 11.6 Å². The molecule has 0 bridgehead atoms. The van der Waals surface area contributed by atoms with Gasteiger partial charge in [-0.3, -0.25) is 0 Å². The molecule has 0 aliphatic carbocycles. The van der Waals surface area contributed by atoms with Crippen molar-refractivity contribution in [2.45, 2.75) is 12.1 Å². The zero-order valence-corrected chi connectivity index (χ0v) is 10.9. The van der Waals surface area contributed by atoms with Gasteiger partial charge in [-0.1, -0.05) is 42.5 Å². The Hall–Kier alpha value is -1.78. The Bertz CT molecular complexity index is 580. The number of hydrogen-bond donors (Lipinski definition) is 1. The van der Waals surface area contributed by atoms with E-state index in [0.717, 1.165) is 11.6 Å². The predicted octanol–water partition coefficient (Wildman–Crippen LogP) is 3.37. The smallest absolute Gasteiger partial charge is 0.164 e. The van der Waals surface area contributed by atoms with Crippen LogP contribution in [-0.4, -0.2) is 13.2 Å². The van der Waals surface area contributed by atoms with Crippen molar-refractivity contribution in [3.63, 3.8) is 0 Å². The van der Waals surface area contributed by atoms with E-state index < -0.39 is 17.7 Å². The summed E-state index contributed by atoms with van der Waals surface area (Å²) in [6.45, 7) is 0.893. The quantitative estimate of drug-likeness (QED) is 0.907. The summed E-state index contributed by atoms with van der Waals surface area (Å²) < 4.78 is 32.6.